The van der Waals surface area contributed by atoms with Gasteiger partial charge in [-0.3, -0.25) is 0 Å². The minimum Gasteiger partial charge on any atom is -0.327 e. The van der Waals surface area contributed by atoms with Crippen molar-refractivity contribution in [3.8, 4) is 0 Å². The van der Waals surface area contributed by atoms with Crippen molar-refractivity contribution in [2.75, 3.05) is 13.1 Å². The second-order valence-electron chi connectivity index (χ2n) is 2.11. The maximum atomic E-state index is 5.57. The van der Waals surface area contributed by atoms with E-state index in [1.165, 1.54) is 12.8 Å². The molecule has 0 radical (unpaired) electrons. The molecule has 0 aromatic carbocycles. The Balaban J connectivity index is 0.000000490. The van der Waals surface area contributed by atoms with Gasteiger partial charge >= 0.3 is 0 Å². The summed E-state index contributed by atoms with van der Waals surface area (Å²) in [6.45, 7) is 2.17. The van der Waals surface area contributed by atoms with E-state index < -0.39 is 0 Å². The summed E-state index contributed by atoms with van der Waals surface area (Å²) in [5.41, 5.74) is 5.57. The quantitative estimate of drug-likeness (QED) is 0.479. The average Bonchev–Trinajstić information content (AvgIpc) is 1.69. The smallest absolute Gasteiger partial charge is 0.0165 e. The highest BCUT2D eigenvalue weighted by Gasteiger charge is 2.05. The SMILES string of the molecule is C.NC1CCCNC1. The molecule has 1 atom stereocenters. The van der Waals surface area contributed by atoms with E-state index in [-0.39, 0.29) is 7.43 Å². The van der Waals surface area contributed by atoms with Gasteiger partial charge in [-0.15, -0.1) is 0 Å². The Kier molecular flexibility index (Phi) is 3.83. The van der Waals surface area contributed by atoms with Crippen LogP contribution in [0.25, 0.3) is 0 Å². The third-order valence-electron chi connectivity index (χ3n) is 1.33. The van der Waals surface area contributed by atoms with Crippen LogP contribution in [0.1, 0.15) is 20.3 Å². The van der Waals surface area contributed by atoms with E-state index in [1.807, 2.05) is 0 Å². The van der Waals surface area contributed by atoms with Gasteiger partial charge in [0.05, 0.1) is 0 Å². The van der Waals surface area contributed by atoms with Gasteiger partial charge in [0.25, 0.3) is 0 Å². The Morgan fingerprint density at radius 1 is 1.50 bits per heavy atom. The van der Waals surface area contributed by atoms with E-state index in [0.29, 0.717) is 6.04 Å². The molecule has 50 valence electrons. The fourth-order valence-corrected chi connectivity index (χ4v) is 0.879. The van der Waals surface area contributed by atoms with Crippen molar-refractivity contribution in [2.45, 2.75) is 26.3 Å². The standard InChI is InChI=1S/C5H12N2.CH4/c6-5-2-1-3-7-4-5;/h5,7H,1-4,6H2;1H4. The highest BCUT2D eigenvalue weighted by atomic mass is 14.9. The molecule has 0 amide bonds. The molecule has 2 nitrogen and oxygen atoms in total. The molecule has 1 rings (SSSR count). The summed E-state index contributed by atoms with van der Waals surface area (Å²) in [5, 5.41) is 3.21. The summed E-state index contributed by atoms with van der Waals surface area (Å²) in [6, 6.07) is 0.425. The Labute approximate surface area is 51.5 Å². The number of rotatable bonds is 0. The third-order valence-corrected chi connectivity index (χ3v) is 1.33. The molecular weight excluding hydrogens is 100 g/mol. The minimum absolute atomic E-state index is 0. The predicted octanol–water partition coefficient (Wildman–Crippen LogP) is 0.333. The van der Waals surface area contributed by atoms with Crippen LogP contribution in [0.15, 0.2) is 0 Å². The first-order valence-electron chi connectivity index (χ1n) is 2.86. The van der Waals surface area contributed by atoms with Crippen molar-refractivity contribution in [3.63, 3.8) is 0 Å². The maximum absolute atomic E-state index is 5.57. The van der Waals surface area contributed by atoms with Crippen LogP contribution in [0.5, 0.6) is 0 Å². The Hall–Kier alpha value is -0.0800. The molecule has 0 aromatic heterocycles. The molecule has 1 aliphatic heterocycles. The zero-order chi connectivity index (χ0) is 5.11. The van der Waals surface area contributed by atoms with Crippen LogP contribution >= 0.6 is 0 Å². The molecule has 3 N–H and O–H groups in total. The lowest BCUT2D eigenvalue weighted by molar-refractivity contribution is 0.459. The van der Waals surface area contributed by atoms with Crippen molar-refractivity contribution in [2.24, 2.45) is 5.73 Å². The van der Waals surface area contributed by atoms with E-state index >= 15 is 0 Å². The number of nitrogens with two attached hydrogens (primary N) is 1. The van der Waals surface area contributed by atoms with Crippen LogP contribution in [-0.4, -0.2) is 19.1 Å². The highest BCUT2D eigenvalue weighted by Crippen LogP contribution is 1.96. The second-order valence-corrected chi connectivity index (χ2v) is 2.11. The number of piperidine rings is 1. The van der Waals surface area contributed by atoms with Crippen molar-refractivity contribution in [1.82, 2.24) is 5.32 Å². The van der Waals surface area contributed by atoms with Gasteiger partial charge in [-0.1, -0.05) is 7.43 Å². The lowest BCUT2D eigenvalue weighted by Crippen LogP contribution is -2.39. The molecule has 1 saturated heterocycles. The van der Waals surface area contributed by atoms with E-state index in [9.17, 15) is 0 Å². The lowest BCUT2D eigenvalue weighted by Gasteiger charge is -2.17. The maximum Gasteiger partial charge on any atom is 0.0165 e. The third kappa shape index (κ3) is 2.28. The molecular formula is C6H16N2. The summed E-state index contributed by atoms with van der Waals surface area (Å²) >= 11 is 0. The van der Waals surface area contributed by atoms with E-state index in [1.54, 1.807) is 0 Å². The molecule has 1 unspecified atom stereocenters. The Morgan fingerprint density at radius 2 is 2.25 bits per heavy atom. The predicted molar refractivity (Wildman–Crippen MR) is 36.8 cm³/mol. The first-order chi connectivity index (χ1) is 3.39. The van der Waals surface area contributed by atoms with Crippen molar-refractivity contribution in [1.29, 1.82) is 0 Å². The zero-order valence-corrected chi connectivity index (χ0v) is 4.48. The Bertz CT molecular complexity index is 48.5. The van der Waals surface area contributed by atoms with Crippen LogP contribution in [0, 0.1) is 0 Å². The zero-order valence-electron chi connectivity index (χ0n) is 4.48. The molecule has 1 heterocycles. The van der Waals surface area contributed by atoms with Crippen molar-refractivity contribution >= 4 is 0 Å². The fourth-order valence-electron chi connectivity index (χ4n) is 0.879. The second kappa shape index (κ2) is 3.87. The summed E-state index contributed by atoms with van der Waals surface area (Å²) in [4.78, 5) is 0. The first-order valence-corrected chi connectivity index (χ1v) is 2.86. The Morgan fingerprint density at radius 3 is 2.50 bits per heavy atom. The molecule has 0 spiro atoms. The number of nitrogens with one attached hydrogen (secondary N) is 1. The molecule has 0 aliphatic carbocycles. The number of hydrogen-bond donors (Lipinski definition) is 2. The van der Waals surface area contributed by atoms with Gasteiger partial charge in [-0.05, 0) is 19.4 Å². The van der Waals surface area contributed by atoms with E-state index in [0.717, 1.165) is 13.1 Å². The molecule has 2 heteroatoms. The lowest BCUT2D eigenvalue weighted by atomic mass is 10.1. The minimum atomic E-state index is 0. The molecule has 8 heavy (non-hydrogen) atoms. The molecule has 0 bridgehead atoms. The summed E-state index contributed by atoms with van der Waals surface area (Å²) in [7, 11) is 0. The van der Waals surface area contributed by atoms with Gasteiger partial charge in [0.2, 0.25) is 0 Å². The summed E-state index contributed by atoms with van der Waals surface area (Å²) < 4.78 is 0. The topological polar surface area (TPSA) is 38.0 Å². The summed E-state index contributed by atoms with van der Waals surface area (Å²) in [5.74, 6) is 0. The van der Waals surface area contributed by atoms with Crippen LogP contribution in [0.2, 0.25) is 0 Å². The largest absolute Gasteiger partial charge is 0.327 e. The molecule has 1 aliphatic rings. The molecule has 0 saturated carbocycles. The molecule has 0 aromatic rings. The first kappa shape index (κ1) is 7.92. The average molecular weight is 116 g/mol. The van der Waals surface area contributed by atoms with Crippen molar-refractivity contribution < 1.29 is 0 Å². The number of hydrogen-bond acceptors (Lipinski definition) is 2. The highest BCUT2D eigenvalue weighted by molar-refractivity contribution is 4.69. The molecule has 1 fully saturated rings. The van der Waals surface area contributed by atoms with Gasteiger partial charge < -0.3 is 11.1 Å². The van der Waals surface area contributed by atoms with Gasteiger partial charge in [0.1, 0.15) is 0 Å². The van der Waals surface area contributed by atoms with Crippen molar-refractivity contribution in [3.05, 3.63) is 0 Å². The van der Waals surface area contributed by atoms with Crippen LogP contribution < -0.4 is 11.1 Å². The van der Waals surface area contributed by atoms with Crippen LogP contribution in [-0.2, 0) is 0 Å². The van der Waals surface area contributed by atoms with Crippen LogP contribution in [0.4, 0.5) is 0 Å². The fraction of sp³-hybridized carbons (Fsp3) is 1.00. The van der Waals surface area contributed by atoms with Gasteiger partial charge in [-0.2, -0.15) is 0 Å². The van der Waals surface area contributed by atoms with Gasteiger partial charge in [0, 0.05) is 12.6 Å². The normalized spacial score (nSPS) is 28.9. The van der Waals surface area contributed by atoms with E-state index in [2.05, 4.69) is 5.32 Å². The van der Waals surface area contributed by atoms with Crippen LogP contribution in [0.3, 0.4) is 0 Å². The van der Waals surface area contributed by atoms with Gasteiger partial charge in [-0.25, -0.2) is 0 Å². The monoisotopic (exact) mass is 116 g/mol. The van der Waals surface area contributed by atoms with E-state index in [4.69, 9.17) is 5.73 Å². The van der Waals surface area contributed by atoms with Gasteiger partial charge in [0.15, 0.2) is 0 Å². The summed E-state index contributed by atoms with van der Waals surface area (Å²) in [6.07, 6.45) is 2.45.